The molecule has 2 amide bonds. The molecular weight excluding hydrogens is 398 g/mol. The number of hydrogen-bond donors (Lipinski definition) is 3. The third-order valence-electron chi connectivity index (χ3n) is 6.27. The molecule has 5 nitrogen and oxygen atoms in total. The third-order valence-corrected chi connectivity index (χ3v) is 6.27. The molecule has 2 aromatic rings. The first-order valence-corrected chi connectivity index (χ1v) is 12.1. The van der Waals surface area contributed by atoms with Gasteiger partial charge in [-0.25, -0.2) is 0 Å². The fourth-order valence-electron chi connectivity index (χ4n) is 4.58. The zero-order valence-electron chi connectivity index (χ0n) is 19.3. The van der Waals surface area contributed by atoms with E-state index in [-0.39, 0.29) is 29.8 Å². The molecule has 1 aliphatic rings. The number of carbonyl (C=O) groups is 2. The van der Waals surface area contributed by atoms with Gasteiger partial charge in [0.25, 0.3) is 0 Å². The van der Waals surface area contributed by atoms with Crippen LogP contribution in [-0.2, 0) is 9.59 Å². The van der Waals surface area contributed by atoms with E-state index in [0.717, 1.165) is 49.8 Å². The van der Waals surface area contributed by atoms with Crippen molar-refractivity contribution >= 4 is 11.8 Å². The van der Waals surface area contributed by atoms with Gasteiger partial charge >= 0.3 is 0 Å². The molecule has 172 valence electrons. The summed E-state index contributed by atoms with van der Waals surface area (Å²) in [6, 6.07) is 19.6. The average Bonchev–Trinajstić information content (AvgIpc) is 2.84. The molecule has 4 atom stereocenters. The molecule has 1 heterocycles. The van der Waals surface area contributed by atoms with Crippen molar-refractivity contribution < 1.29 is 9.59 Å². The van der Waals surface area contributed by atoms with Crippen molar-refractivity contribution in [3.05, 3.63) is 71.8 Å². The average molecular weight is 436 g/mol. The van der Waals surface area contributed by atoms with E-state index in [1.165, 1.54) is 0 Å². The van der Waals surface area contributed by atoms with Crippen LogP contribution in [0.2, 0.25) is 0 Å². The first-order chi connectivity index (χ1) is 15.6. The Labute approximate surface area is 192 Å². The highest BCUT2D eigenvalue weighted by Gasteiger charge is 2.37. The molecule has 0 radical (unpaired) electrons. The van der Waals surface area contributed by atoms with Crippen LogP contribution >= 0.6 is 0 Å². The Kier molecular flexibility index (Phi) is 9.29. The highest BCUT2D eigenvalue weighted by molar-refractivity contribution is 5.90. The lowest BCUT2D eigenvalue weighted by atomic mass is 9.88. The van der Waals surface area contributed by atoms with Gasteiger partial charge in [-0.3, -0.25) is 9.59 Å². The normalized spacial score (nSPS) is 20.2. The lowest BCUT2D eigenvalue weighted by Gasteiger charge is -2.33. The minimum atomic E-state index is -0.509. The summed E-state index contributed by atoms with van der Waals surface area (Å²) in [5.74, 6) is -0.491. The van der Waals surface area contributed by atoms with Crippen LogP contribution in [0.1, 0.15) is 75.6 Å². The van der Waals surface area contributed by atoms with Crippen LogP contribution in [-0.4, -0.2) is 24.4 Å². The van der Waals surface area contributed by atoms with Crippen LogP contribution in [0.15, 0.2) is 60.7 Å². The Bertz CT molecular complexity index is 769. The minimum absolute atomic E-state index is 0.0310. The van der Waals surface area contributed by atoms with Gasteiger partial charge in [-0.15, -0.1) is 0 Å². The topological polar surface area (TPSA) is 70.2 Å². The molecule has 0 spiro atoms. The first-order valence-electron chi connectivity index (χ1n) is 12.1. The molecule has 0 bridgehead atoms. The maximum atomic E-state index is 13.3. The number of nitrogens with one attached hydrogen (secondary N) is 3. The zero-order chi connectivity index (χ0) is 22.8. The smallest absolute Gasteiger partial charge is 0.238 e. The van der Waals surface area contributed by atoms with Crippen LogP contribution in [0.4, 0.5) is 0 Å². The largest absolute Gasteiger partial charge is 0.349 e. The summed E-state index contributed by atoms with van der Waals surface area (Å²) in [5.41, 5.74) is 2.21. The van der Waals surface area contributed by atoms with Crippen molar-refractivity contribution in [1.29, 1.82) is 0 Å². The Hall–Kier alpha value is -2.66. The van der Waals surface area contributed by atoms with E-state index < -0.39 is 6.04 Å². The number of benzene rings is 2. The van der Waals surface area contributed by atoms with E-state index in [9.17, 15) is 9.59 Å². The van der Waals surface area contributed by atoms with Gasteiger partial charge in [0.15, 0.2) is 0 Å². The second-order valence-corrected chi connectivity index (χ2v) is 8.70. The molecule has 32 heavy (non-hydrogen) atoms. The second-order valence-electron chi connectivity index (χ2n) is 8.70. The molecule has 1 fully saturated rings. The Morgan fingerprint density at radius 1 is 0.844 bits per heavy atom. The number of piperidine rings is 1. The van der Waals surface area contributed by atoms with Crippen LogP contribution in [0, 0.1) is 5.92 Å². The van der Waals surface area contributed by atoms with Gasteiger partial charge in [-0.2, -0.15) is 0 Å². The molecule has 0 saturated carbocycles. The monoisotopic (exact) mass is 435 g/mol. The van der Waals surface area contributed by atoms with Gasteiger partial charge in [-0.05, 0) is 43.4 Å². The SMILES string of the molecule is CCCC(NC(=O)[C@H]1NCCC[C@H]1C(=O)NC(CCC)c1ccccc1)c1ccccc1. The van der Waals surface area contributed by atoms with E-state index in [1.807, 2.05) is 48.5 Å². The third kappa shape index (κ3) is 6.42. The zero-order valence-corrected chi connectivity index (χ0v) is 19.3. The molecule has 2 aromatic carbocycles. The maximum Gasteiger partial charge on any atom is 0.238 e. The molecular formula is C27H37N3O2. The number of hydrogen-bond acceptors (Lipinski definition) is 3. The van der Waals surface area contributed by atoms with Gasteiger partial charge < -0.3 is 16.0 Å². The molecule has 3 rings (SSSR count). The van der Waals surface area contributed by atoms with Crippen molar-refractivity contribution in [3.8, 4) is 0 Å². The minimum Gasteiger partial charge on any atom is -0.349 e. The molecule has 5 heteroatoms. The highest BCUT2D eigenvalue weighted by Crippen LogP contribution is 2.24. The van der Waals surface area contributed by atoms with Gasteiger partial charge in [0.1, 0.15) is 0 Å². The van der Waals surface area contributed by atoms with Gasteiger partial charge in [-0.1, -0.05) is 87.4 Å². The Balaban J connectivity index is 1.71. The standard InChI is InChI=1S/C27H37N3O2/c1-3-12-23(20-14-7-5-8-15-20)29-26(31)22-18-11-19-28-25(22)27(32)30-24(13-4-2)21-16-9-6-10-17-21/h5-10,14-17,22-25,28H,3-4,11-13,18-19H2,1-2H3,(H,29,31)(H,30,32)/t22-,23?,24?,25+/m1/s1. The molecule has 1 aliphatic heterocycles. The quantitative estimate of drug-likeness (QED) is 0.508. The first kappa shape index (κ1) is 24.0. The summed E-state index contributed by atoms with van der Waals surface area (Å²) in [7, 11) is 0. The molecule has 1 saturated heterocycles. The number of carbonyl (C=O) groups excluding carboxylic acids is 2. The summed E-state index contributed by atoms with van der Waals surface area (Å²) >= 11 is 0. The summed E-state index contributed by atoms with van der Waals surface area (Å²) in [5, 5.41) is 9.78. The number of amides is 2. The summed E-state index contributed by atoms with van der Waals surface area (Å²) in [6.45, 7) is 5.00. The molecule has 0 aromatic heterocycles. The highest BCUT2D eigenvalue weighted by atomic mass is 16.2. The van der Waals surface area contributed by atoms with Crippen LogP contribution < -0.4 is 16.0 Å². The van der Waals surface area contributed by atoms with E-state index in [0.29, 0.717) is 6.42 Å². The van der Waals surface area contributed by atoms with Gasteiger partial charge in [0.2, 0.25) is 11.8 Å². The van der Waals surface area contributed by atoms with Crippen molar-refractivity contribution in [2.24, 2.45) is 5.92 Å². The van der Waals surface area contributed by atoms with E-state index in [1.54, 1.807) is 0 Å². The lowest BCUT2D eigenvalue weighted by Crippen LogP contribution is -2.56. The van der Waals surface area contributed by atoms with E-state index in [4.69, 9.17) is 0 Å². The molecule has 3 N–H and O–H groups in total. The summed E-state index contributed by atoms with van der Waals surface area (Å²) in [4.78, 5) is 26.6. The van der Waals surface area contributed by atoms with Crippen LogP contribution in [0.25, 0.3) is 0 Å². The summed E-state index contributed by atoms with van der Waals surface area (Å²) < 4.78 is 0. The Morgan fingerprint density at radius 3 is 1.84 bits per heavy atom. The van der Waals surface area contributed by atoms with Crippen LogP contribution in [0.5, 0.6) is 0 Å². The summed E-state index contributed by atoms with van der Waals surface area (Å²) in [6.07, 6.45) is 5.29. The Morgan fingerprint density at radius 2 is 1.34 bits per heavy atom. The van der Waals surface area contributed by atoms with Crippen LogP contribution in [0.3, 0.4) is 0 Å². The number of rotatable bonds is 10. The van der Waals surface area contributed by atoms with Crippen molar-refractivity contribution in [3.63, 3.8) is 0 Å². The van der Waals surface area contributed by atoms with Gasteiger partial charge in [0, 0.05) is 0 Å². The predicted molar refractivity (Wildman–Crippen MR) is 129 cm³/mol. The molecule has 0 aliphatic carbocycles. The second kappa shape index (κ2) is 12.4. The maximum absolute atomic E-state index is 13.3. The molecule has 2 unspecified atom stereocenters. The van der Waals surface area contributed by atoms with E-state index >= 15 is 0 Å². The van der Waals surface area contributed by atoms with Crippen molar-refractivity contribution in [2.75, 3.05) is 6.54 Å². The van der Waals surface area contributed by atoms with Gasteiger partial charge in [0.05, 0.1) is 24.0 Å². The fraction of sp³-hybridized carbons (Fsp3) is 0.481. The van der Waals surface area contributed by atoms with Crippen molar-refractivity contribution in [1.82, 2.24) is 16.0 Å². The van der Waals surface area contributed by atoms with E-state index in [2.05, 4.69) is 41.9 Å². The predicted octanol–water partition coefficient (Wildman–Crippen LogP) is 4.67. The van der Waals surface area contributed by atoms with Crippen molar-refractivity contribution in [2.45, 2.75) is 70.5 Å². The lowest BCUT2D eigenvalue weighted by molar-refractivity contribution is -0.134. The fourth-order valence-corrected chi connectivity index (χ4v) is 4.58.